The molecule has 6 nitrogen and oxygen atoms in total. The molecule has 0 saturated carbocycles. The second-order valence-corrected chi connectivity index (χ2v) is 8.20. The standard InChI is InChI=1S/C22H27FN4O2/c1-5-26-20(28)25-19(24-18-8-6-7-16(13-18)22(2,3)4)27(21(26)29)14-15-9-11-17(23)12-10-15/h7,9-13H,5-6,8,14H2,1-4H3,(H,24,25,28). The molecule has 1 N–H and O–H groups in total. The zero-order valence-electron chi connectivity index (χ0n) is 17.3. The van der Waals surface area contributed by atoms with Crippen LogP contribution in [0.3, 0.4) is 0 Å². The topological polar surface area (TPSA) is 68.9 Å². The lowest BCUT2D eigenvalue weighted by Gasteiger charge is -2.25. The monoisotopic (exact) mass is 398 g/mol. The number of nitrogens with one attached hydrogen (secondary N) is 1. The van der Waals surface area contributed by atoms with E-state index in [1.54, 1.807) is 19.1 Å². The normalized spacial score (nSPS) is 14.4. The summed E-state index contributed by atoms with van der Waals surface area (Å²) in [6.45, 7) is 8.57. The van der Waals surface area contributed by atoms with Crippen LogP contribution in [0.25, 0.3) is 0 Å². The summed E-state index contributed by atoms with van der Waals surface area (Å²) in [6.07, 6.45) is 5.91. The highest BCUT2D eigenvalue weighted by Gasteiger charge is 2.20. The van der Waals surface area contributed by atoms with Crippen molar-refractivity contribution in [3.05, 3.63) is 80.0 Å². The Morgan fingerprint density at radius 1 is 1.14 bits per heavy atom. The summed E-state index contributed by atoms with van der Waals surface area (Å²) in [7, 11) is 0. The van der Waals surface area contributed by atoms with Gasteiger partial charge in [0.1, 0.15) is 5.82 Å². The molecule has 1 aromatic heterocycles. The van der Waals surface area contributed by atoms with Crippen molar-refractivity contribution in [3.63, 3.8) is 0 Å². The Morgan fingerprint density at radius 3 is 2.45 bits per heavy atom. The largest absolute Gasteiger partial charge is 0.354 e. The third-order valence-electron chi connectivity index (χ3n) is 4.97. The molecule has 29 heavy (non-hydrogen) atoms. The third-order valence-corrected chi connectivity index (χ3v) is 4.97. The molecular weight excluding hydrogens is 371 g/mol. The SMILES string of the molecule is CCn1c(=O)nc(NC2=CC(C(C)(C)C)=CCC2)n(Cc2ccc(F)cc2)c1=O. The van der Waals surface area contributed by atoms with E-state index in [0.29, 0.717) is 0 Å². The van der Waals surface area contributed by atoms with Crippen LogP contribution in [0.2, 0.25) is 0 Å². The molecule has 0 radical (unpaired) electrons. The van der Waals surface area contributed by atoms with Gasteiger partial charge in [0.05, 0.1) is 6.54 Å². The Bertz CT molecular complexity index is 1070. The maximum atomic E-state index is 13.2. The van der Waals surface area contributed by atoms with E-state index < -0.39 is 11.4 Å². The van der Waals surface area contributed by atoms with Gasteiger partial charge in [0, 0.05) is 12.2 Å². The Balaban J connectivity index is 2.03. The first-order valence-electron chi connectivity index (χ1n) is 9.83. The molecule has 3 rings (SSSR count). The van der Waals surface area contributed by atoms with Gasteiger partial charge in [0.2, 0.25) is 5.95 Å². The molecule has 1 aliphatic carbocycles. The molecule has 1 aliphatic rings. The van der Waals surface area contributed by atoms with Crippen LogP contribution in [0.15, 0.2) is 57.3 Å². The molecule has 0 aliphatic heterocycles. The van der Waals surface area contributed by atoms with Crippen LogP contribution in [0.5, 0.6) is 0 Å². The van der Waals surface area contributed by atoms with E-state index in [0.717, 1.165) is 28.7 Å². The molecule has 1 heterocycles. The van der Waals surface area contributed by atoms with Gasteiger partial charge in [-0.25, -0.2) is 18.5 Å². The fourth-order valence-corrected chi connectivity index (χ4v) is 3.28. The average Bonchev–Trinajstić information content (AvgIpc) is 2.66. The van der Waals surface area contributed by atoms with Crippen LogP contribution in [-0.2, 0) is 13.1 Å². The van der Waals surface area contributed by atoms with Crippen molar-refractivity contribution in [1.82, 2.24) is 14.1 Å². The van der Waals surface area contributed by atoms with Crippen molar-refractivity contribution in [2.75, 3.05) is 5.32 Å². The number of benzene rings is 1. The van der Waals surface area contributed by atoms with Gasteiger partial charge in [-0.2, -0.15) is 4.98 Å². The van der Waals surface area contributed by atoms with Crippen molar-refractivity contribution in [3.8, 4) is 0 Å². The molecule has 0 fully saturated rings. The van der Waals surface area contributed by atoms with Crippen LogP contribution in [0.1, 0.15) is 46.1 Å². The highest BCUT2D eigenvalue weighted by atomic mass is 19.1. The average molecular weight is 398 g/mol. The molecule has 1 aromatic carbocycles. The lowest BCUT2D eigenvalue weighted by Crippen LogP contribution is -2.42. The molecule has 154 valence electrons. The summed E-state index contributed by atoms with van der Waals surface area (Å²) in [5.41, 5.74) is 1.82. The minimum Gasteiger partial charge on any atom is -0.329 e. The van der Waals surface area contributed by atoms with Crippen molar-refractivity contribution in [1.29, 1.82) is 0 Å². The number of aromatic nitrogens is 3. The summed E-state index contributed by atoms with van der Waals surface area (Å²) in [5, 5.41) is 3.20. The first-order chi connectivity index (χ1) is 13.7. The number of hydrogen-bond donors (Lipinski definition) is 1. The zero-order chi connectivity index (χ0) is 21.2. The van der Waals surface area contributed by atoms with Gasteiger partial charge in [-0.1, -0.05) is 39.0 Å². The van der Waals surface area contributed by atoms with E-state index in [-0.39, 0.29) is 30.3 Å². The van der Waals surface area contributed by atoms with Gasteiger partial charge in [-0.3, -0.25) is 4.57 Å². The smallest absolute Gasteiger partial charge is 0.329 e. The van der Waals surface area contributed by atoms with E-state index in [9.17, 15) is 14.0 Å². The van der Waals surface area contributed by atoms with Crippen LogP contribution in [0, 0.1) is 11.2 Å². The van der Waals surface area contributed by atoms with Crippen molar-refractivity contribution < 1.29 is 4.39 Å². The van der Waals surface area contributed by atoms with Crippen LogP contribution in [0.4, 0.5) is 10.3 Å². The second kappa shape index (κ2) is 8.19. The Kier molecular flexibility index (Phi) is 5.86. The van der Waals surface area contributed by atoms with Crippen molar-refractivity contribution in [2.45, 2.75) is 53.6 Å². The molecule has 0 bridgehead atoms. The Hall–Kier alpha value is -2.96. The molecule has 0 spiro atoms. The fraction of sp³-hybridized carbons (Fsp3) is 0.409. The van der Waals surface area contributed by atoms with Crippen LogP contribution < -0.4 is 16.7 Å². The van der Waals surface area contributed by atoms with Gasteiger partial charge in [-0.15, -0.1) is 0 Å². The predicted octanol–water partition coefficient (Wildman–Crippen LogP) is 3.67. The second-order valence-electron chi connectivity index (χ2n) is 8.20. The highest BCUT2D eigenvalue weighted by molar-refractivity contribution is 5.42. The van der Waals surface area contributed by atoms with E-state index in [1.807, 2.05) is 0 Å². The maximum absolute atomic E-state index is 13.2. The lowest BCUT2D eigenvalue weighted by molar-refractivity contribution is 0.510. The lowest BCUT2D eigenvalue weighted by atomic mass is 9.83. The first-order valence-corrected chi connectivity index (χ1v) is 9.83. The quantitative estimate of drug-likeness (QED) is 0.834. The summed E-state index contributed by atoms with van der Waals surface area (Å²) in [4.78, 5) is 29.4. The number of allylic oxidation sites excluding steroid dienone is 4. The van der Waals surface area contributed by atoms with Crippen LogP contribution in [-0.4, -0.2) is 14.1 Å². The highest BCUT2D eigenvalue weighted by Crippen LogP contribution is 2.31. The molecule has 0 amide bonds. The molecule has 7 heteroatoms. The van der Waals surface area contributed by atoms with E-state index in [4.69, 9.17) is 0 Å². The number of rotatable bonds is 5. The molecule has 0 unspecified atom stereocenters. The number of nitrogens with zero attached hydrogens (tertiary/aromatic N) is 3. The van der Waals surface area contributed by atoms with Gasteiger partial charge in [0.25, 0.3) is 0 Å². The number of anilines is 1. The first kappa shape index (κ1) is 20.8. The minimum atomic E-state index is -0.585. The van der Waals surface area contributed by atoms with Crippen LogP contribution >= 0.6 is 0 Å². The summed E-state index contributed by atoms with van der Waals surface area (Å²) >= 11 is 0. The number of hydrogen-bond acceptors (Lipinski definition) is 4. The van der Waals surface area contributed by atoms with E-state index >= 15 is 0 Å². The minimum absolute atomic E-state index is 0.000170. The van der Waals surface area contributed by atoms with Gasteiger partial charge < -0.3 is 5.32 Å². The Labute approximate surface area is 169 Å². The van der Waals surface area contributed by atoms with Crippen molar-refractivity contribution in [2.24, 2.45) is 5.41 Å². The van der Waals surface area contributed by atoms with Crippen molar-refractivity contribution >= 4 is 5.95 Å². The van der Waals surface area contributed by atoms with Gasteiger partial charge in [-0.05, 0) is 54.5 Å². The fourth-order valence-electron chi connectivity index (χ4n) is 3.28. The Morgan fingerprint density at radius 2 is 1.83 bits per heavy atom. The van der Waals surface area contributed by atoms with E-state index in [1.165, 1.54) is 22.3 Å². The molecule has 2 aromatic rings. The maximum Gasteiger partial charge on any atom is 0.354 e. The van der Waals surface area contributed by atoms with E-state index in [2.05, 4.69) is 43.2 Å². The predicted molar refractivity (Wildman–Crippen MR) is 112 cm³/mol. The molecule has 0 saturated heterocycles. The molecular formula is C22H27FN4O2. The molecule has 0 atom stereocenters. The van der Waals surface area contributed by atoms with Gasteiger partial charge in [0.15, 0.2) is 0 Å². The summed E-state index contributed by atoms with van der Waals surface area (Å²) < 4.78 is 15.8. The zero-order valence-corrected chi connectivity index (χ0v) is 17.3. The summed E-state index contributed by atoms with van der Waals surface area (Å²) in [6, 6.07) is 5.93. The summed E-state index contributed by atoms with van der Waals surface area (Å²) in [5.74, 6) is -0.139. The van der Waals surface area contributed by atoms with Gasteiger partial charge >= 0.3 is 11.4 Å². The number of halogens is 1. The third kappa shape index (κ3) is 4.72.